The summed E-state index contributed by atoms with van der Waals surface area (Å²) in [5, 5.41) is 6.21. The van der Waals surface area contributed by atoms with Gasteiger partial charge >= 0.3 is 0 Å². The Kier molecular flexibility index (Phi) is 5.96. The number of hydrogen-bond acceptors (Lipinski definition) is 5. The summed E-state index contributed by atoms with van der Waals surface area (Å²) in [7, 11) is 0. The van der Waals surface area contributed by atoms with Gasteiger partial charge in [0, 0.05) is 12.6 Å². The van der Waals surface area contributed by atoms with Gasteiger partial charge in [0.05, 0.1) is 11.1 Å². The normalized spacial score (nSPS) is 20.5. The molecule has 0 spiro atoms. The highest BCUT2D eigenvalue weighted by atomic mass is 32.2. The van der Waals surface area contributed by atoms with Crippen LogP contribution in [-0.4, -0.2) is 27.3 Å². The number of aromatic nitrogens is 2. The Balaban J connectivity index is 1.71. The Morgan fingerprint density at radius 2 is 2.32 bits per heavy atom. The molecule has 1 N–H and O–H groups in total. The van der Waals surface area contributed by atoms with E-state index in [0.29, 0.717) is 27.8 Å². The van der Waals surface area contributed by atoms with Crippen LogP contribution in [0.5, 0.6) is 0 Å². The van der Waals surface area contributed by atoms with Crippen LogP contribution in [0.25, 0.3) is 10.2 Å². The highest BCUT2D eigenvalue weighted by Crippen LogP contribution is 2.24. The summed E-state index contributed by atoms with van der Waals surface area (Å²) in [6.45, 7) is 6.30. The van der Waals surface area contributed by atoms with E-state index in [1.807, 2.05) is 5.38 Å². The Labute approximate surface area is 155 Å². The summed E-state index contributed by atoms with van der Waals surface area (Å²) in [5.41, 5.74) is -0.0741. The zero-order chi connectivity index (χ0) is 17.8. The molecule has 25 heavy (non-hydrogen) atoms. The minimum atomic E-state index is -0.0741. The number of thiophene rings is 1. The van der Waals surface area contributed by atoms with Gasteiger partial charge in [-0.15, -0.1) is 17.9 Å². The number of carbonyl (C=O) groups excluding carboxylic acids is 1. The predicted molar refractivity (Wildman–Crippen MR) is 104 cm³/mol. The van der Waals surface area contributed by atoms with Gasteiger partial charge in [-0.25, -0.2) is 4.98 Å². The number of amides is 1. The zero-order valence-electron chi connectivity index (χ0n) is 14.4. The van der Waals surface area contributed by atoms with Crippen LogP contribution in [0.15, 0.2) is 34.1 Å². The van der Waals surface area contributed by atoms with Crippen molar-refractivity contribution in [2.45, 2.75) is 50.4 Å². The van der Waals surface area contributed by atoms with E-state index in [1.165, 1.54) is 42.4 Å². The molecule has 1 saturated carbocycles. The van der Waals surface area contributed by atoms with Crippen molar-refractivity contribution < 1.29 is 4.79 Å². The van der Waals surface area contributed by atoms with Gasteiger partial charge in [0.2, 0.25) is 5.91 Å². The largest absolute Gasteiger partial charge is 0.352 e. The van der Waals surface area contributed by atoms with E-state index in [9.17, 15) is 9.59 Å². The number of fused-ring (bicyclic) bond motifs is 1. The number of carbonyl (C=O) groups is 1. The standard InChI is InChI=1S/C18H23N3O2S2/c1-3-9-21-17(23)13-8-10-24-16(13)20-18(21)25-11-15(22)19-14-7-5-4-6-12(14)2/h3,8,10,12,14H,1,4-7,9,11H2,2H3,(H,19,22). The molecule has 7 heteroatoms. The van der Waals surface area contributed by atoms with Gasteiger partial charge in [0.25, 0.3) is 5.56 Å². The van der Waals surface area contributed by atoms with Crippen molar-refractivity contribution in [1.82, 2.24) is 14.9 Å². The minimum Gasteiger partial charge on any atom is -0.352 e. The maximum absolute atomic E-state index is 12.6. The Bertz CT molecular complexity index is 827. The van der Waals surface area contributed by atoms with Gasteiger partial charge < -0.3 is 5.32 Å². The summed E-state index contributed by atoms with van der Waals surface area (Å²) >= 11 is 2.76. The molecule has 0 aliphatic heterocycles. The minimum absolute atomic E-state index is 0.00873. The van der Waals surface area contributed by atoms with Gasteiger partial charge in [0.1, 0.15) is 4.83 Å². The van der Waals surface area contributed by atoms with E-state index in [0.717, 1.165) is 6.42 Å². The smallest absolute Gasteiger partial charge is 0.263 e. The Hall–Kier alpha value is -1.60. The fourth-order valence-electron chi connectivity index (χ4n) is 3.24. The van der Waals surface area contributed by atoms with Crippen molar-refractivity contribution in [2.24, 2.45) is 5.92 Å². The van der Waals surface area contributed by atoms with Crippen molar-refractivity contribution >= 4 is 39.2 Å². The van der Waals surface area contributed by atoms with Gasteiger partial charge in [-0.2, -0.15) is 0 Å². The van der Waals surface area contributed by atoms with Crippen molar-refractivity contribution in [3.63, 3.8) is 0 Å². The monoisotopic (exact) mass is 377 g/mol. The third-order valence-electron chi connectivity index (χ3n) is 4.65. The molecule has 2 atom stereocenters. The molecule has 0 radical (unpaired) electrons. The van der Waals surface area contributed by atoms with Crippen LogP contribution in [0.1, 0.15) is 32.6 Å². The zero-order valence-corrected chi connectivity index (χ0v) is 16.0. The van der Waals surface area contributed by atoms with Gasteiger partial charge in [-0.05, 0) is 30.2 Å². The number of hydrogen-bond donors (Lipinski definition) is 1. The second kappa shape index (κ2) is 8.19. The fraction of sp³-hybridized carbons (Fsp3) is 0.500. The molecular weight excluding hydrogens is 354 g/mol. The third-order valence-corrected chi connectivity index (χ3v) is 6.43. The van der Waals surface area contributed by atoms with E-state index in [2.05, 4.69) is 23.8 Å². The molecule has 1 aliphatic rings. The molecule has 5 nitrogen and oxygen atoms in total. The summed E-state index contributed by atoms with van der Waals surface area (Å²) in [6.07, 6.45) is 6.33. The molecule has 2 heterocycles. The molecule has 134 valence electrons. The summed E-state index contributed by atoms with van der Waals surface area (Å²) in [5.74, 6) is 0.806. The van der Waals surface area contributed by atoms with E-state index >= 15 is 0 Å². The van der Waals surface area contributed by atoms with E-state index in [4.69, 9.17) is 0 Å². The van der Waals surface area contributed by atoms with Crippen LogP contribution in [0.2, 0.25) is 0 Å². The summed E-state index contributed by atoms with van der Waals surface area (Å²) in [6, 6.07) is 2.06. The molecule has 1 amide bonds. The summed E-state index contributed by atoms with van der Waals surface area (Å²) in [4.78, 5) is 30.2. The molecule has 1 aliphatic carbocycles. The lowest BCUT2D eigenvalue weighted by Gasteiger charge is -2.29. The quantitative estimate of drug-likeness (QED) is 0.476. The number of allylic oxidation sites excluding steroid dienone is 1. The lowest BCUT2D eigenvalue weighted by molar-refractivity contribution is -0.119. The van der Waals surface area contributed by atoms with Gasteiger partial charge in [-0.3, -0.25) is 14.2 Å². The Morgan fingerprint density at radius 1 is 1.52 bits per heavy atom. The lowest BCUT2D eigenvalue weighted by atomic mass is 9.86. The Morgan fingerprint density at radius 3 is 3.08 bits per heavy atom. The second-order valence-corrected chi connectivity index (χ2v) is 8.30. The number of thioether (sulfide) groups is 1. The van der Waals surface area contributed by atoms with Crippen LogP contribution in [0.3, 0.4) is 0 Å². The number of rotatable bonds is 6. The molecular formula is C18H23N3O2S2. The van der Waals surface area contributed by atoms with E-state index in [-0.39, 0.29) is 23.3 Å². The average Bonchev–Trinajstić information content (AvgIpc) is 3.07. The summed E-state index contributed by atoms with van der Waals surface area (Å²) < 4.78 is 1.59. The van der Waals surface area contributed by atoms with Crippen LogP contribution >= 0.6 is 23.1 Å². The number of nitrogens with zero attached hydrogens (tertiary/aromatic N) is 2. The highest BCUT2D eigenvalue weighted by molar-refractivity contribution is 7.99. The van der Waals surface area contributed by atoms with Crippen molar-refractivity contribution in [2.75, 3.05) is 5.75 Å². The predicted octanol–water partition coefficient (Wildman–Crippen LogP) is 3.43. The molecule has 2 aromatic rings. The third kappa shape index (κ3) is 4.15. The fourth-order valence-corrected chi connectivity index (χ4v) is 4.86. The van der Waals surface area contributed by atoms with Crippen LogP contribution in [-0.2, 0) is 11.3 Å². The van der Waals surface area contributed by atoms with Crippen molar-refractivity contribution in [1.29, 1.82) is 0 Å². The number of nitrogens with one attached hydrogen (secondary N) is 1. The molecule has 3 rings (SSSR count). The molecule has 0 aromatic carbocycles. The maximum atomic E-state index is 12.6. The molecule has 0 bridgehead atoms. The average molecular weight is 378 g/mol. The highest BCUT2D eigenvalue weighted by Gasteiger charge is 2.23. The van der Waals surface area contributed by atoms with Crippen molar-refractivity contribution in [3.8, 4) is 0 Å². The molecule has 2 unspecified atom stereocenters. The maximum Gasteiger partial charge on any atom is 0.263 e. The lowest BCUT2D eigenvalue weighted by Crippen LogP contribution is -2.41. The van der Waals surface area contributed by atoms with Gasteiger partial charge in [-0.1, -0.05) is 37.6 Å². The van der Waals surface area contributed by atoms with Crippen LogP contribution in [0.4, 0.5) is 0 Å². The first-order valence-corrected chi connectivity index (χ1v) is 10.5. The van der Waals surface area contributed by atoms with Crippen LogP contribution in [0, 0.1) is 5.92 Å². The van der Waals surface area contributed by atoms with E-state index < -0.39 is 0 Å². The molecule has 1 fully saturated rings. The topological polar surface area (TPSA) is 64.0 Å². The first kappa shape index (κ1) is 18.2. The van der Waals surface area contributed by atoms with Crippen molar-refractivity contribution in [3.05, 3.63) is 34.5 Å². The SMILES string of the molecule is C=CCn1c(SCC(=O)NC2CCCCC2C)nc2sccc2c1=O. The molecule has 2 aromatic heterocycles. The van der Waals surface area contributed by atoms with Crippen LogP contribution < -0.4 is 10.9 Å². The second-order valence-electron chi connectivity index (χ2n) is 6.46. The van der Waals surface area contributed by atoms with E-state index in [1.54, 1.807) is 16.7 Å². The molecule has 0 saturated heterocycles. The first-order valence-electron chi connectivity index (χ1n) is 8.61. The van der Waals surface area contributed by atoms with Gasteiger partial charge in [0.15, 0.2) is 5.16 Å². The first-order chi connectivity index (χ1) is 12.1.